The van der Waals surface area contributed by atoms with Crippen LogP contribution in [0.3, 0.4) is 0 Å². The molecule has 18 N–H and O–H groups in total. The minimum atomic E-state index is -1.63. The van der Waals surface area contributed by atoms with Gasteiger partial charge in [-0.1, -0.05) is 119 Å². The fraction of sp³-hybridized carbons (Fsp3) is 0.505. The third-order valence-corrected chi connectivity index (χ3v) is 24.9. The van der Waals surface area contributed by atoms with Crippen LogP contribution in [0.4, 0.5) is 52.7 Å². The number of nitrogens with one attached hydrogen (secondary N) is 5. The van der Waals surface area contributed by atoms with Gasteiger partial charge in [0.05, 0.1) is 107 Å². The van der Waals surface area contributed by atoms with Crippen molar-refractivity contribution in [3.8, 4) is 0 Å². The van der Waals surface area contributed by atoms with Gasteiger partial charge in [-0.3, -0.25) is 52.7 Å². The van der Waals surface area contributed by atoms with E-state index in [9.17, 15) is 130 Å². The number of ether oxygens (including phenoxy) is 2. The van der Waals surface area contributed by atoms with E-state index in [-0.39, 0.29) is 148 Å². The molecule has 53 heteroatoms. The summed E-state index contributed by atoms with van der Waals surface area (Å²) in [6, 6.07) is 19.1. The number of esters is 2. The van der Waals surface area contributed by atoms with E-state index in [0.717, 1.165) is 111 Å². The van der Waals surface area contributed by atoms with E-state index in [1.807, 2.05) is 33.0 Å². The van der Waals surface area contributed by atoms with Crippen LogP contribution in [0.25, 0.3) is 0 Å². The van der Waals surface area contributed by atoms with Crippen molar-refractivity contribution >= 4 is 119 Å². The number of carboxylic acid groups (broad SMARTS) is 2. The number of amides is 5. The normalized spacial score (nSPS) is 18.1. The molecule has 0 unspecified atom stereocenters. The summed E-state index contributed by atoms with van der Waals surface area (Å²) < 4.78 is 201. The Balaban J connectivity index is 0.00000175. The molecule has 4 bridgehead atoms. The first-order chi connectivity index (χ1) is 69.8. The van der Waals surface area contributed by atoms with Crippen LogP contribution in [0.15, 0.2) is 109 Å². The molecule has 2 aliphatic heterocycles. The number of carboxylic acids is 2. The van der Waals surface area contributed by atoms with Crippen LogP contribution in [-0.4, -0.2) is 230 Å². The summed E-state index contributed by atoms with van der Waals surface area (Å²) >= 11 is 4.14. The molecule has 6 aromatic rings. The van der Waals surface area contributed by atoms with E-state index in [4.69, 9.17) is 43.0 Å². The minimum Gasteiger partial charge on any atom is -0.870 e. The van der Waals surface area contributed by atoms with Crippen molar-refractivity contribution in [1.82, 2.24) is 26.6 Å². The molecule has 14 rings (SSSR count). The number of aliphatic carboxylic acids is 1. The predicted molar refractivity (Wildman–Crippen MR) is 525 cm³/mol. The minimum absolute atomic E-state index is 0. The molecule has 2 heterocycles. The number of methoxy groups -OCH3 is 2. The first-order valence-electron chi connectivity index (χ1n) is 47.8. The topological polar surface area (TPSA) is 550 Å². The van der Waals surface area contributed by atoms with E-state index in [1.165, 1.54) is 56.7 Å². The summed E-state index contributed by atoms with van der Waals surface area (Å²) in [5.74, 6) is -21.1. The maximum Gasteiger partial charge on any atom is 1.00 e. The van der Waals surface area contributed by atoms with Gasteiger partial charge in [-0.25, -0.2) is 62.7 Å². The Kier molecular flexibility index (Phi) is 61.8. The number of hydrogen-bond donors (Lipinski definition) is 14. The summed E-state index contributed by atoms with van der Waals surface area (Å²) in [5.41, 5.74) is 8.73. The van der Waals surface area contributed by atoms with Crippen molar-refractivity contribution < 1.29 is 224 Å². The monoisotopic (exact) mass is 2370 g/mol. The SMILES string of the molecule is CC(C)C[C@H](CC(=O)CNC(=O)c1cccc(F)c1F)B(O)O.CC(C)C[C@H](CC(=O)CNC(=O)c1cccc(F)c1F)B(O)O.CC(C)C[C@H](CC(=O)CNC(=O)c1cccc(F)c1F)B1O[C@H]2[C@H]3C[C@@H](C[C@H]2O1)C3(C)C.CC(C)C[C@H](N)B1O[C@H]2[C@H]3C[C@@H](C[C@H]2O1)C3(C)C.COC(=O)CN.COC(=O)CNC(=O)c1cccc(F)c1F.NCl.O=C(O)CNC(=O)c1cccc(F)c1F.O=C(O)c1cccc(F)c1F.[3H][B][3H].[Li+].[OH-].[U]. The van der Waals surface area contributed by atoms with Crippen molar-refractivity contribution in [2.75, 3.05) is 53.5 Å². The number of benzene rings is 6. The van der Waals surface area contributed by atoms with Crippen molar-refractivity contribution in [3.05, 3.63) is 212 Å². The van der Waals surface area contributed by atoms with Gasteiger partial charge in [0.2, 0.25) is 0 Å². The zero-order valence-corrected chi connectivity index (χ0v) is 90.6. The van der Waals surface area contributed by atoms with Crippen LogP contribution >= 0.6 is 11.8 Å². The number of hydrogen-bond acceptors (Lipinski definition) is 26. The second-order valence-corrected chi connectivity index (χ2v) is 38.1. The molecule has 5 amide bonds. The molecule has 0 aromatic heterocycles. The Bertz CT molecular complexity index is 5340. The van der Waals surface area contributed by atoms with Gasteiger partial charge in [0.1, 0.15) is 13.1 Å². The molecule has 2 saturated heterocycles. The van der Waals surface area contributed by atoms with Gasteiger partial charge < -0.3 is 102 Å². The van der Waals surface area contributed by atoms with Crippen LogP contribution in [0.1, 0.15) is 216 Å². The summed E-state index contributed by atoms with van der Waals surface area (Å²) in [6.07, 6.45) is 8.03. The van der Waals surface area contributed by atoms with Crippen molar-refractivity contribution in [2.45, 2.75) is 202 Å². The fourth-order valence-corrected chi connectivity index (χ4v) is 17.2. The Morgan fingerprint density at radius 1 is 0.433 bits per heavy atom. The molecule has 6 aromatic carbocycles. The number of halogens is 13. The second-order valence-electron chi connectivity index (χ2n) is 38.1. The summed E-state index contributed by atoms with van der Waals surface area (Å²) in [5, 5.41) is 68.4. The first-order valence-corrected chi connectivity index (χ1v) is 47.1. The molecule has 819 valence electrons. The average molecular weight is 2370 g/mol. The van der Waals surface area contributed by atoms with Gasteiger partial charge >= 0.3 is 71.2 Å². The van der Waals surface area contributed by atoms with Crippen LogP contribution in [0.2, 0.25) is 17.5 Å². The van der Waals surface area contributed by atoms with Crippen molar-refractivity contribution in [3.63, 3.8) is 0 Å². The molecular weight excluding hydrogens is 2240 g/mol. The van der Waals surface area contributed by atoms with Gasteiger partial charge in [-0.05, 0) is 197 Å². The Morgan fingerprint density at radius 2 is 0.700 bits per heavy atom. The molecule has 1 radical (unpaired) electrons. The molecule has 12 atom stereocenters. The summed E-state index contributed by atoms with van der Waals surface area (Å²) in [4.78, 5) is 135. The van der Waals surface area contributed by atoms with E-state index >= 15 is 0 Å². The van der Waals surface area contributed by atoms with Crippen LogP contribution in [0.5, 0.6) is 0 Å². The molecule has 0 spiro atoms. The van der Waals surface area contributed by atoms with Crippen molar-refractivity contribution in [1.29, 1.82) is 2.67 Å². The van der Waals surface area contributed by atoms with Gasteiger partial charge in [0.25, 0.3) is 29.5 Å². The Morgan fingerprint density at radius 3 is 0.953 bits per heavy atom. The van der Waals surface area contributed by atoms with Gasteiger partial charge in [-0.15, -0.1) is 0 Å². The Hall–Kier alpha value is -9.50. The molecule has 8 aliphatic rings. The standard InChI is InChI=1S/C24H32BF2NO4.2C15H20BF2NO4.C14H26BNO2.C10H9F2NO3.C9H7F2NO3.C7H4F2O2.C3H7NO2.BH2.ClH2N.Li.H2O.U/c1-13(2)8-15(25-31-20-10-14-9-18(22(20)32-25)24(14,3)4)11-16(29)12-28-23(30)17-6-5-7-19(26)21(17)27;2*1-9(2)6-10(16(22)23)7-11(20)8-19-15(21)12-4-3-5-13(17)14(12)18;1-8(2)5-12(16)15-17-11-7-9-6-10(13(11)18-15)14(9,3)4;1-16-8(14)5-13-10(15)6-3-2-4-7(11)9(6)12;10-6-3-1-2-5(8(6)11)9(15)12-4-7(13)14;8-5-3-1-2-4(6(5)9)7(10)11;1-6-3(5)2-4;;1-2;;;/h5-7,13-15,18,20,22H,8-12H2,1-4H3,(H,28,30);2*3-5,9-10,22-23H,6-8H2,1-2H3,(H,19,21);8-13H,5-7,16H2,1-4H3;2-4H,5H2,1H3,(H,13,15);1-3H,4H2,(H,12,15)(H,13,14);1-3H,(H,10,11);2,4H2,1H3;1H2;2H2;;1H2;/q;;;;;;;;;;+1;;/p-1/t14-,15+,18+,20+,22-;2*10-;9-,10+,11+,12-,13-;;;;;;;;;/m0110........./s1/i;;;;;;;;1T2;;;;. The maximum absolute atomic E-state index is 13.8. The molecule has 8 fully saturated rings. The number of nitrogens with two attached hydrogens (primary N) is 3. The second kappa shape index (κ2) is 67.9. The van der Waals surface area contributed by atoms with Crippen LogP contribution in [-0.2, 0) is 56.9 Å². The number of ketones is 3. The summed E-state index contributed by atoms with van der Waals surface area (Å²) in [6.45, 7) is 23.4. The Labute approximate surface area is 909 Å². The average Bonchev–Trinajstić information content (AvgIpc) is 1.50. The number of aromatic carboxylic acids is 1. The van der Waals surface area contributed by atoms with Crippen molar-refractivity contribution in [2.24, 2.45) is 74.9 Å². The molecule has 6 aliphatic carbocycles. The molecular formula is C97H130B5ClF12LiN8O25U. The largest absolute Gasteiger partial charge is 1.00 e. The van der Waals surface area contributed by atoms with Gasteiger partial charge in [0.15, 0.2) is 87.2 Å². The van der Waals surface area contributed by atoms with Crippen LogP contribution < -0.4 is 62.2 Å². The maximum atomic E-state index is 13.8. The molecule has 33 nitrogen and oxygen atoms in total. The summed E-state index contributed by atoms with van der Waals surface area (Å²) in [7, 11) is -0.900. The third-order valence-electron chi connectivity index (χ3n) is 24.9. The smallest absolute Gasteiger partial charge is 0.870 e. The van der Waals surface area contributed by atoms with E-state index in [0.29, 0.717) is 68.4 Å². The van der Waals surface area contributed by atoms with E-state index in [2.05, 4.69) is 103 Å². The number of carbonyl (C=O) groups excluding carboxylic acids is 10. The number of rotatable bonds is 35. The quantitative estimate of drug-likeness (QED) is 0.00771. The fourth-order valence-electron chi connectivity index (χ4n) is 17.2. The molecule has 150 heavy (non-hydrogen) atoms. The predicted octanol–water partition coefficient (Wildman–Crippen LogP) is 8.17. The number of Topliss-reactive ketones (excluding diaryl/α,β-unsaturated/α-hetero) is 3. The number of carbonyl (C=O) groups is 12. The van der Waals surface area contributed by atoms with E-state index in [1.54, 1.807) is 0 Å². The first kappa shape index (κ1) is 137. The zero-order chi connectivity index (χ0) is 113. The molecule has 6 saturated carbocycles. The van der Waals surface area contributed by atoms with Crippen LogP contribution in [0, 0.1) is 159 Å². The zero-order valence-electron chi connectivity index (χ0n) is 87.7. The van der Waals surface area contributed by atoms with Gasteiger partial charge in [-0.2, -0.15) is 0 Å². The van der Waals surface area contributed by atoms with E-state index < -0.39 is 221 Å². The third kappa shape index (κ3) is 43.4. The van der Waals surface area contributed by atoms with Gasteiger partial charge in [0, 0.05) is 73.8 Å².